The standard InChI is InChI=1S/C10H14N2O2/c1-4-14-10(13)12-7-11-6-8(2)5-9(12)3/h5-7H,4H2,1-3H3. The van der Waals surface area contributed by atoms with Gasteiger partial charge >= 0.3 is 6.09 Å². The molecule has 14 heavy (non-hydrogen) atoms. The van der Waals surface area contributed by atoms with Crippen LogP contribution in [0.1, 0.15) is 20.8 Å². The molecule has 0 aromatic rings. The Bertz CT molecular complexity index is 316. The number of carbonyl (C=O) groups excluding carboxylic acids is 1. The zero-order valence-corrected chi connectivity index (χ0v) is 8.65. The molecule has 0 bridgehead atoms. The second kappa shape index (κ2) is 4.60. The van der Waals surface area contributed by atoms with E-state index in [0.29, 0.717) is 6.61 Å². The molecule has 0 aliphatic carbocycles. The first-order valence-electron chi connectivity index (χ1n) is 4.49. The molecular formula is C10H14N2O2. The Morgan fingerprint density at radius 2 is 2.29 bits per heavy atom. The second-order valence-corrected chi connectivity index (χ2v) is 2.99. The fourth-order valence-corrected chi connectivity index (χ4v) is 1.13. The molecule has 0 saturated heterocycles. The highest BCUT2D eigenvalue weighted by molar-refractivity contribution is 5.85. The van der Waals surface area contributed by atoms with Crippen molar-refractivity contribution >= 4 is 12.4 Å². The smallest absolute Gasteiger partial charge is 0.419 e. The third-order valence-corrected chi connectivity index (χ3v) is 1.74. The SMILES string of the molecule is CCOC(=O)N1C=NC=C(C)C=C1C. The van der Waals surface area contributed by atoms with Gasteiger partial charge in [-0.15, -0.1) is 0 Å². The molecule has 0 aromatic heterocycles. The minimum absolute atomic E-state index is 0.364. The number of amides is 1. The highest BCUT2D eigenvalue weighted by Crippen LogP contribution is 2.11. The molecule has 0 fully saturated rings. The Morgan fingerprint density at radius 1 is 1.57 bits per heavy atom. The number of ether oxygens (including phenoxy) is 1. The van der Waals surface area contributed by atoms with Crippen LogP contribution in [0.25, 0.3) is 0 Å². The highest BCUT2D eigenvalue weighted by Gasteiger charge is 2.14. The topological polar surface area (TPSA) is 41.9 Å². The van der Waals surface area contributed by atoms with Crippen LogP contribution in [-0.2, 0) is 4.74 Å². The van der Waals surface area contributed by atoms with Crippen molar-refractivity contribution in [1.29, 1.82) is 0 Å². The van der Waals surface area contributed by atoms with E-state index in [4.69, 9.17) is 4.74 Å². The molecule has 0 spiro atoms. The van der Waals surface area contributed by atoms with Gasteiger partial charge in [-0.2, -0.15) is 0 Å². The molecule has 76 valence electrons. The maximum absolute atomic E-state index is 11.4. The third kappa shape index (κ3) is 2.45. The van der Waals surface area contributed by atoms with Crippen LogP contribution < -0.4 is 0 Å². The summed E-state index contributed by atoms with van der Waals surface area (Å²) in [5.41, 5.74) is 1.81. The molecule has 1 rings (SSSR count). The lowest BCUT2D eigenvalue weighted by Crippen LogP contribution is -2.28. The van der Waals surface area contributed by atoms with E-state index in [2.05, 4.69) is 4.99 Å². The Morgan fingerprint density at radius 3 is 2.93 bits per heavy atom. The largest absolute Gasteiger partial charge is 0.449 e. The van der Waals surface area contributed by atoms with Crippen molar-refractivity contribution in [2.24, 2.45) is 4.99 Å². The number of rotatable bonds is 1. The summed E-state index contributed by atoms with van der Waals surface area (Å²) in [4.78, 5) is 16.8. The molecule has 0 radical (unpaired) electrons. The fraction of sp³-hybridized carbons (Fsp3) is 0.400. The van der Waals surface area contributed by atoms with E-state index in [0.717, 1.165) is 11.3 Å². The number of allylic oxidation sites excluding steroid dienone is 3. The molecule has 0 aromatic carbocycles. The molecule has 0 atom stereocenters. The molecule has 0 unspecified atom stereocenters. The molecule has 1 aliphatic heterocycles. The summed E-state index contributed by atoms with van der Waals surface area (Å²) in [5, 5.41) is 0. The van der Waals surface area contributed by atoms with Crippen LogP contribution in [-0.4, -0.2) is 23.9 Å². The highest BCUT2D eigenvalue weighted by atomic mass is 16.6. The van der Waals surface area contributed by atoms with Crippen molar-refractivity contribution in [2.45, 2.75) is 20.8 Å². The van der Waals surface area contributed by atoms with Crippen LogP contribution in [0.4, 0.5) is 4.79 Å². The Balaban J connectivity index is 2.82. The zero-order chi connectivity index (χ0) is 10.6. The van der Waals surface area contributed by atoms with Crippen LogP contribution in [0.5, 0.6) is 0 Å². The minimum Gasteiger partial charge on any atom is -0.449 e. The van der Waals surface area contributed by atoms with Crippen LogP contribution in [0.3, 0.4) is 0 Å². The number of hydrogen-bond acceptors (Lipinski definition) is 3. The molecule has 1 amide bonds. The molecular weight excluding hydrogens is 180 g/mol. The van der Waals surface area contributed by atoms with E-state index in [1.165, 1.54) is 11.2 Å². The summed E-state index contributed by atoms with van der Waals surface area (Å²) in [5.74, 6) is 0. The van der Waals surface area contributed by atoms with Gasteiger partial charge in [0, 0.05) is 11.9 Å². The minimum atomic E-state index is -0.395. The van der Waals surface area contributed by atoms with E-state index >= 15 is 0 Å². The molecule has 0 N–H and O–H groups in total. The number of carbonyl (C=O) groups is 1. The van der Waals surface area contributed by atoms with Crippen molar-refractivity contribution in [2.75, 3.05) is 6.61 Å². The molecule has 4 nitrogen and oxygen atoms in total. The van der Waals surface area contributed by atoms with E-state index in [-0.39, 0.29) is 0 Å². The number of hydrogen-bond donors (Lipinski definition) is 0. The van der Waals surface area contributed by atoms with Gasteiger partial charge in [0.2, 0.25) is 0 Å². The van der Waals surface area contributed by atoms with Gasteiger partial charge in [0.05, 0.1) is 6.61 Å². The van der Waals surface area contributed by atoms with Gasteiger partial charge in [0.1, 0.15) is 6.34 Å². The Labute approximate surface area is 83.6 Å². The van der Waals surface area contributed by atoms with Crippen molar-refractivity contribution in [1.82, 2.24) is 4.90 Å². The average Bonchev–Trinajstić information content (AvgIpc) is 2.27. The van der Waals surface area contributed by atoms with Gasteiger partial charge in [-0.25, -0.2) is 14.7 Å². The fourth-order valence-electron chi connectivity index (χ4n) is 1.13. The lowest BCUT2D eigenvalue weighted by atomic mass is 10.3. The predicted octanol–water partition coefficient (Wildman–Crippen LogP) is 2.29. The Kier molecular flexibility index (Phi) is 3.45. The normalized spacial score (nSPS) is 15.8. The first kappa shape index (κ1) is 10.5. The van der Waals surface area contributed by atoms with Gasteiger partial charge in [-0.05, 0) is 32.4 Å². The van der Waals surface area contributed by atoms with Crippen LogP contribution >= 0.6 is 0 Å². The second-order valence-electron chi connectivity index (χ2n) is 2.99. The molecule has 1 aliphatic rings. The summed E-state index contributed by atoms with van der Waals surface area (Å²) >= 11 is 0. The van der Waals surface area contributed by atoms with Gasteiger partial charge < -0.3 is 4.74 Å². The first-order valence-corrected chi connectivity index (χ1v) is 4.49. The van der Waals surface area contributed by atoms with E-state index < -0.39 is 6.09 Å². The molecule has 4 heteroatoms. The van der Waals surface area contributed by atoms with Gasteiger partial charge in [0.15, 0.2) is 0 Å². The van der Waals surface area contributed by atoms with E-state index in [9.17, 15) is 4.79 Å². The predicted molar refractivity (Wildman–Crippen MR) is 54.9 cm³/mol. The molecule has 0 saturated carbocycles. The summed E-state index contributed by atoms with van der Waals surface area (Å²) in [6, 6.07) is 0. The lowest BCUT2D eigenvalue weighted by Gasteiger charge is -2.16. The van der Waals surface area contributed by atoms with Crippen LogP contribution in [0.2, 0.25) is 0 Å². The van der Waals surface area contributed by atoms with E-state index in [1.54, 1.807) is 13.1 Å². The van der Waals surface area contributed by atoms with Gasteiger partial charge in [-0.3, -0.25) is 0 Å². The summed E-state index contributed by atoms with van der Waals surface area (Å²) in [7, 11) is 0. The first-order chi connectivity index (χ1) is 6.65. The summed E-state index contributed by atoms with van der Waals surface area (Å²) < 4.78 is 4.87. The van der Waals surface area contributed by atoms with Gasteiger partial charge in [-0.1, -0.05) is 0 Å². The van der Waals surface area contributed by atoms with Crippen LogP contribution in [0.15, 0.2) is 28.5 Å². The zero-order valence-electron chi connectivity index (χ0n) is 8.65. The lowest BCUT2D eigenvalue weighted by molar-refractivity contribution is 0.136. The summed E-state index contributed by atoms with van der Waals surface area (Å²) in [6.45, 7) is 5.90. The van der Waals surface area contributed by atoms with Crippen molar-refractivity contribution in [3.63, 3.8) is 0 Å². The average molecular weight is 194 g/mol. The number of nitrogens with zero attached hydrogens (tertiary/aromatic N) is 2. The monoisotopic (exact) mass is 194 g/mol. The number of aliphatic imine (C=N–C) groups is 1. The maximum Gasteiger partial charge on any atom is 0.419 e. The van der Waals surface area contributed by atoms with Crippen molar-refractivity contribution in [3.8, 4) is 0 Å². The summed E-state index contributed by atoms with van der Waals surface area (Å²) in [6.07, 6.45) is 4.64. The van der Waals surface area contributed by atoms with Crippen LogP contribution in [0, 0.1) is 0 Å². The third-order valence-electron chi connectivity index (χ3n) is 1.74. The Hall–Kier alpha value is -1.58. The maximum atomic E-state index is 11.4. The molecule has 1 heterocycles. The van der Waals surface area contributed by atoms with Crippen molar-refractivity contribution < 1.29 is 9.53 Å². The van der Waals surface area contributed by atoms with E-state index in [1.807, 2.05) is 19.9 Å². The van der Waals surface area contributed by atoms with Gasteiger partial charge in [0.25, 0.3) is 0 Å². The van der Waals surface area contributed by atoms with Crippen molar-refractivity contribution in [3.05, 3.63) is 23.5 Å². The quantitative estimate of drug-likeness (QED) is 0.642.